The normalized spacial score (nSPS) is 18.1. The summed E-state index contributed by atoms with van der Waals surface area (Å²) in [6.07, 6.45) is 4.81. The third-order valence-electron chi connectivity index (χ3n) is 3.87. The second-order valence-corrected chi connectivity index (χ2v) is 5.53. The van der Waals surface area contributed by atoms with Gasteiger partial charge in [0, 0.05) is 12.6 Å². The number of rotatable bonds is 7. The zero-order valence-electron chi connectivity index (χ0n) is 11.8. The number of likely N-dealkylation sites (N-methyl/N-ethyl adjacent to an activating group) is 1. The summed E-state index contributed by atoms with van der Waals surface area (Å²) in [6, 6.07) is 10.7. The molecule has 0 aromatic heterocycles. The molecule has 1 aliphatic rings. The van der Waals surface area contributed by atoms with Crippen LogP contribution in [0.2, 0.25) is 0 Å². The second-order valence-electron chi connectivity index (χ2n) is 5.53. The van der Waals surface area contributed by atoms with Crippen molar-refractivity contribution in [2.75, 3.05) is 20.2 Å². The molecule has 1 saturated carbocycles. The summed E-state index contributed by atoms with van der Waals surface area (Å²) in [7, 11) is 2.11. The van der Waals surface area contributed by atoms with Crippen LogP contribution in [0.25, 0.3) is 0 Å². The van der Waals surface area contributed by atoms with E-state index in [0.29, 0.717) is 25.8 Å². The van der Waals surface area contributed by atoms with Crippen molar-refractivity contribution < 1.29 is 9.84 Å². The lowest BCUT2D eigenvalue weighted by Gasteiger charge is -2.26. The molecular formula is C16H25NO2. The average Bonchev–Trinajstić information content (AvgIpc) is 2.94. The Kier molecular flexibility index (Phi) is 5.83. The Labute approximate surface area is 116 Å². The summed E-state index contributed by atoms with van der Waals surface area (Å²) < 4.78 is 5.57. The molecule has 3 heteroatoms. The highest BCUT2D eigenvalue weighted by atomic mass is 16.5. The molecule has 19 heavy (non-hydrogen) atoms. The molecule has 1 fully saturated rings. The van der Waals surface area contributed by atoms with Crippen LogP contribution < -0.4 is 0 Å². The maximum atomic E-state index is 9.99. The van der Waals surface area contributed by atoms with Gasteiger partial charge in [-0.05, 0) is 25.5 Å². The molecule has 1 aromatic rings. The maximum absolute atomic E-state index is 9.99. The van der Waals surface area contributed by atoms with E-state index < -0.39 is 6.10 Å². The van der Waals surface area contributed by atoms with E-state index in [-0.39, 0.29) is 0 Å². The molecule has 0 radical (unpaired) electrons. The highest BCUT2D eigenvalue weighted by Gasteiger charge is 2.21. The Morgan fingerprint density at radius 2 is 1.95 bits per heavy atom. The highest BCUT2D eigenvalue weighted by Crippen LogP contribution is 2.22. The molecule has 106 valence electrons. The molecular weight excluding hydrogens is 238 g/mol. The van der Waals surface area contributed by atoms with Gasteiger partial charge in [-0.25, -0.2) is 0 Å². The van der Waals surface area contributed by atoms with Crippen LogP contribution in [-0.2, 0) is 11.3 Å². The fourth-order valence-corrected chi connectivity index (χ4v) is 2.77. The van der Waals surface area contributed by atoms with Crippen molar-refractivity contribution in [2.24, 2.45) is 0 Å². The van der Waals surface area contributed by atoms with E-state index in [2.05, 4.69) is 11.9 Å². The molecule has 3 nitrogen and oxygen atoms in total. The summed E-state index contributed by atoms with van der Waals surface area (Å²) in [5.41, 5.74) is 1.15. The van der Waals surface area contributed by atoms with Crippen LogP contribution in [0.1, 0.15) is 31.2 Å². The predicted molar refractivity (Wildman–Crippen MR) is 77.0 cm³/mol. The van der Waals surface area contributed by atoms with E-state index in [1.807, 2.05) is 30.3 Å². The first-order chi connectivity index (χ1) is 9.25. The molecule has 0 saturated heterocycles. The molecule has 2 rings (SSSR count). The van der Waals surface area contributed by atoms with Gasteiger partial charge < -0.3 is 14.7 Å². The number of hydrogen-bond donors (Lipinski definition) is 1. The van der Waals surface area contributed by atoms with Crippen molar-refractivity contribution in [3.8, 4) is 0 Å². The third-order valence-corrected chi connectivity index (χ3v) is 3.87. The van der Waals surface area contributed by atoms with Gasteiger partial charge in [0.25, 0.3) is 0 Å². The van der Waals surface area contributed by atoms with Crippen LogP contribution in [0.15, 0.2) is 30.3 Å². The molecule has 0 aliphatic heterocycles. The Morgan fingerprint density at radius 3 is 2.63 bits per heavy atom. The van der Waals surface area contributed by atoms with E-state index in [1.165, 1.54) is 25.7 Å². The molecule has 0 amide bonds. The van der Waals surface area contributed by atoms with E-state index >= 15 is 0 Å². The van der Waals surface area contributed by atoms with Gasteiger partial charge in [-0.15, -0.1) is 0 Å². The molecule has 1 aliphatic carbocycles. The lowest BCUT2D eigenvalue weighted by atomic mass is 10.2. The summed E-state index contributed by atoms with van der Waals surface area (Å²) in [4.78, 5) is 2.28. The first-order valence-electron chi connectivity index (χ1n) is 7.25. The van der Waals surface area contributed by atoms with Gasteiger partial charge >= 0.3 is 0 Å². The van der Waals surface area contributed by atoms with Crippen molar-refractivity contribution in [1.29, 1.82) is 0 Å². The number of hydrogen-bond acceptors (Lipinski definition) is 3. The lowest BCUT2D eigenvalue weighted by Crippen LogP contribution is -2.37. The Balaban J connectivity index is 1.62. The third kappa shape index (κ3) is 4.94. The number of ether oxygens (including phenoxy) is 1. The fourth-order valence-electron chi connectivity index (χ4n) is 2.77. The van der Waals surface area contributed by atoms with Crippen LogP contribution in [0.5, 0.6) is 0 Å². The van der Waals surface area contributed by atoms with Crippen LogP contribution in [0, 0.1) is 0 Å². The monoisotopic (exact) mass is 263 g/mol. The number of aliphatic hydroxyl groups is 1. The van der Waals surface area contributed by atoms with Crippen LogP contribution >= 0.6 is 0 Å². The van der Waals surface area contributed by atoms with Gasteiger partial charge in [-0.3, -0.25) is 0 Å². The van der Waals surface area contributed by atoms with Gasteiger partial charge in [0.1, 0.15) is 0 Å². The van der Waals surface area contributed by atoms with Gasteiger partial charge in [0.15, 0.2) is 0 Å². The van der Waals surface area contributed by atoms with E-state index in [9.17, 15) is 5.11 Å². The van der Waals surface area contributed by atoms with Crippen molar-refractivity contribution in [1.82, 2.24) is 4.90 Å². The molecule has 0 heterocycles. The smallest absolute Gasteiger partial charge is 0.0900 e. The Morgan fingerprint density at radius 1 is 1.26 bits per heavy atom. The lowest BCUT2D eigenvalue weighted by molar-refractivity contribution is 0.00799. The minimum Gasteiger partial charge on any atom is -0.389 e. The molecule has 1 N–H and O–H groups in total. The molecule has 1 unspecified atom stereocenters. The summed E-state index contributed by atoms with van der Waals surface area (Å²) in [5.74, 6) is 0. The van der Waals surface area contributed by atoms with Gasteiger partial charge in [0.05, 0.1) is 19.3 Å². The fraction of sp³-hybridized carbons (Fsp3) is 0.625. The Hall–Kier alpha value is -0.900. The largest absolute Gasteiger partial charge is 0.389 e. The minimum absolute atomic E-state index is 0.394. The number of nitrogens with zero attached hydrogens (tertiary/aromatic N) is 1. The first kappa shape index (κ1) is 14.5. The SMILES string of the molecule is CN(CC(O)COCc1ccccc1)C1CCCC1. The van der Waals surface area contributed by atoms with Gasteiger partial charge in [-0.1, -0.05) is 43.2 Å². The zero-order valence-corrected chi connectivity index (χ0v) is 11.8. The predicted octanol–water partition coefficient (Wildman–Crippen LogP) is 2.44. The second kappa shape index (κ2) is 7.63. The standard InChI is InChI=1S/C16H25NO2/c1-17(15-9-5-6-10-15)11-16(18)13-19-12-14-7-3-2-4-8-14/h2-4,7-8,15-16,18H,5-6,9-13H2,1H3. The number of aliphatic hydroxyl groups excluding tert-OH is 1. The average molecular weight is 263 g/mol. The highest BCUT2D eigenvalue weighted by molar-refractivity contribution is 5.13. The molecule has 0 bridgehead atoms. The van der Waals surface area contributed by atoms with Crippen molar-refractivity contribution in [2.45, 2.75) is 44.4 Å². The summed E-state index contributed by atoms with van der Waals surface area (Å²) in [5, 5.41) is 9.99. The minimum atomic E-state index is -0.394. The van der Waals surface area contributed by atoms with Crippen molar-refractivity contribution >= 4 is 0 Å². The van der Waals surface area contributed by atoms with Gasteiger partial charge in [-0.2, -0.15) is 0 Å². The quantitative estimate of drug-likeness (QED) is 0.820. The Bertz CT molecular complexity index is 349. The number of benzene rings is 1. The van der Waals surface area contributed by atoms with E-state index in [1.54, 1.807) is 0 Å². The molecule has 1 atom stereocenters. The van der Waals surface area contributed by atoms with Crippen LogP contribution in [-0.4, -0.2) is 42.4 Å². The van der Waals surface area contributed by atoms with Gasteiger partial charge in [0.2, 0.25) is 0 Å². The summed E-state index contributed by atoms with van der Waals surface area (Å²) >= 11 is 0. The first-order valence-corrected chi connectivity index (χ1v) is 7.25. The topological polar surface area (TPSA) is 32.7 Å². The van der Waals surface area contributed by atoms with Crippen molar-refractivity contribution in [3.05, 3.63) is 35.9 Å². The zero-order chi connectivity index (χ0) is 13.5. The van der Waals surface area contributed by atoms with Crippen LogP contribution in [0.4, 0.5) is 0 Å². The summed E-state index contributed by atoms with van der Waals surface area (Å²) in [6.45, 7) is 1.69. The van der Waals surface area contributed by atoms with Crippen molar-refractivity contribution in [3.63, 3.8) is 0 Å². The van der Waals surface area contributed by atoms with Crippen LogP contribution in [0.3, 0.4) is 0 Å². The van der Waals surface area contributed by atoms with E-state index in [0.717, 1.165) is 5.56 Å². The molecule has 0 spiro atoms. The molecule has 1 aromatic carbocycles. The van der Waals surface area contributed by atoms with E-state index in [4.69, 9.17) is 4.74 Å². The maximum Gasteiger partial charge on any atom is 0.0900 e.